The summed E-state index contributed by atoms with van der Waals surface area (Å²) in [5.74, 6) is -0.891. The maximum absolute atomic E-state index is 12.3. The van der Waals surface area contributed by atoms with Crippen molar-refractivity contribution in [2.45, 2.75) is 64.1 Å². The molecule has 0 aromatic carbocycles. The highest BCUT2D eigenvalue weighted by Crippen LogP contribution is 2.35. The number of rotatable bonds is 4. The van der Waals surface area contributed by atoms with Crippen LogP contribution in [0.15, 0.2) is 0 Å². The number of piperidine rings is 1. The van der Waals surface area contributed by atoms with Gasteiger partial charge in [-0.1, -0.05) is 6.92 Å². The fraction of sp³-hybridized carbons (Fsp3) is 0.857. The Labute approximate surface area is 119 Å². The summed E-state index contributed by atoms with van der Waals surface area (Å²) in [7, 11) is 0. The summed E-state index contributed by atoms with van der Waals surface area (Å²) in [5.41, 5.74) is -0.927. The molecule has 0 aromatic heterocycles. The summed E-state index contributed by atoms with van der Waals surface area (Å²) in [5, 5.41) is 21.7. The molecule has 0 aliphatic carbocycles. The number of urea groups is 1. The number of carboxylic acids is 1. The number of carboxylic acid groups (broad SMARTS) is 1. The lowest BCUT2D eigenvalue weighted by atomic mass is 9.88. The Balaban J connectivity index is 1.95. The van der Waals surface area contributed by atoms with Crippen LogP contribution in [0.1, 0.15) is 46.0 Å². The summed E-state index contributed by atoms with van der Waals surface area (Å²) in [6, 6.07) is 0.00764. The van der Waals surface area contributed by atoms with Crippen molar-refractivity contribution in [1.29, 1.82) is 0 Å². The van der Waals surface area contributed by atoms with Crippen LogP contribution in [0.25, 0.3) is 0 Å². The first-order valence-corrected chi connectivity index (χ1v) is 7.35. The number of aliphatic hydroxyl groups is 1. The Morgan fingerprint density at radius 3 is 2.30 bits per heavy atom. The van der Waals surface area contributed by atoms with Crippen molar-refractivity contribution in [3.05, 3.63) is 0 Å². The van der Waals surface area contributed by atoms with Gasteiger partial charge in [0, 0.05) is 18.6 Å². The molecule has 6 nitrogen and oxygen atoms in total. The lowest BCUT2D eigenvalue weighted by Crippen LogP contribution is -2.53. The summed E-state index contributed by atoms with van der Waals surface area (Å²) in [6.07, 6.45) is 3.28. The minimum absolute atomic E-state index is 0.0986. The summed E-state index contributed by atoms with van der Waals surface area (Å²) < 4.78 is 0. The third-order valence-electron chi connectivity index (χ3n) is 4.87. The number of hydrogen-bond acceptors (Lipinski definition) is 3. The molecule has 2 aliphatic heterocycles. The SMILES string of the molecule is CCC(C)(CNC(=O)N1C2CCC1CC(O)C2)C(=O)O. The lowest BCUT2D eigenvalue weighted by Gasteiger charge is -2.37. The number of fused-ring (bicyclic) bond motifs is 2. The Morgan fingerprint density at radius 1 is 1.30 bits per heavy atom. The molecule has 2 saturated heterocycles. The van der Waals surface area contributed by atoms with E-state index in [1.54, 1.807) is 13.8 Å². The summed E-state index contributed by atoms with van der Waals surface area (Å²) >= 11 is 0. The maximum atomic E-state index is 12.3. The van der Waals surface area contributed by atoms with Gasteiger partial charge in [-0.25, -0.2) is 4.79 Å². The molecule has 0 saturated carbocycles. The molecule has 2 rings (SSSR count). The predicted octanol–water partition coefficient (Wildman–Crippen LogP) is 1.18. The monoisotopic (exact) mass is 284 g/mol. The van der Waals surface area contributed by atoms with Crippen molar-refractivity contribution in [3.63, 3.8) is 0 Å². The van der Waals surface area contributed by atoms with Crippen molar-refractivity contribution in [2.24, 2.45) is 5.41 Å². The predicted molar refractivity (Wildman–Crippen MR) is 73.3 cm³/mol. The average molecular weight is 284 g/mol. The van der Waals surface area contributed by atoms with Crippen LogP contribution >= 0.6 is 0 Å². The van der Waals surface area contributed by atoms with Crippen molar-refractivity contribution in [3.8, 4) is 0 Å². The van der Waals surface area contributed by atoms with Crippen molar-refractivity contribution >= 4 is 12.0 Å². The van der Waals surface area contributed by atoms with E-state index in [0.717, 1.165) is 12.8 Å². The second kappa shape index (κ2) is 5.60. The van der Waals surface area contributed by atoms with Gasteiger partial charge < -0.3 is 20.4 Å². The van der Waals surface area contributed by atoms with Crippen LogP contribution in [-0.4, -0.2) is 51.8 Å². The molecule has 3 N–H and O–H groups in total. The zero-order chi connectivity index (χ0) is 14.9. The average Bonchev–Trinajstić information content (AvgIpc) is 2.67. The molecule has 20 heavy (non-hydrogen) atoms. The van der Waals surface area contributed by atoms with Crippen molar-refractivity contribution in [2.75, 3.05) is 6.54 Å². The Kier molecular flexibility index (Phi) is 4.22. The van der Waals surface area contributed by atoms with Gasteiger partial charge in [0.25, 0.3) is 0 Å². The zero-order valence-corrected chi connectivity index (χ0v) is 12.1. The fourth-order valence-electron chi connectivity index (χ4n) is 3.19. The number of nitrogens with one attached hydrogen (secondary N) is 1. The van der Waals surface area contributed by atoms with Gasteiger partial charge in [-0.3, -0.25) is 4.79 Å². The first-order valence-electron chi connectivity index (χ1n) is 7.35. The first-order chi connectivity index (χ1) is 9.37. The van der Waals surface area contributed by atoms with E-state index in [-0.39, 0.29) is 30.8 Å². The van der Waals surface area contributed by atoms with E-state index in [9.17, 15) is 19.8 Å². The van der Waals surface area contributed by atoms with E-state index < -0.39 is 11.4 Å². The van der Waals surface area contributed by atoms with Crippen LogP contribution in [0, 0.1) is 5.41 Å². The van der Waals surface area contributed by atoms with Crippen LogP contribution in [0.2, 0.25) is 0 Å². The van der Waals surface area contributed by atoms with Gasteiger partial charge in [0.05, 0.1) is 11.5 Å². The Bertz CT molecular complexity index is 387. The highest BCUT2D eigenvalue weighted by molar-refractivity contribution is 5.78. The first kappa shape index (κ1) is 15.1. The van der Waals surface area contributed by atoms with E-state index >= 15 is 0 Å². The van der Waals surface area contributed by atoms with Crippen LogP contribution in [0.5, 0.6) is 0 Å². The molecule has 3 atom stereocenters. The molecule has 0 spiro atoms. The van der Waals surface area contributed by atoms with Crippen LogP contribution in [-0.2, 0) is 4.79 Å². The largest absolute Gasteiger partial charge is 0.481 e. The van der Waals surface area contributed by atoms with Crippen LogP contribution < -0.4 is 5.32 Å². The quantitative estimate of drug-likeness (QED) is 0.723. The summed E-state index contributed by atoms with van der Waals surface area (Å²) in [6.45, 7) is 3.58. The normalized spacial score (nSPS) is 31.8. The van der Waals surface area contributed by atoms with Crippen LogP contribution in [0.3, 0.4) is 0 Å². The molecule has 114 valence electrons. The van der Waals surface area contributed by atoms with Gasteiger partial charge in [-0.2, -0.15) is 0 Å². The number of nitrogens with zero attached hydrogens (tertiary/aromatic N) is 1. The Morgan fingerprint density at radius 2 is 1.85 bits per heavy atom. The lowest BCUT2D eigenvalue weighted by molar-refractivity contribution is -0.147. The third kappa shape index (κ3) is 2.75. The topological polar surface area (TPSA) is 89.9 Å². The van der Waals surface area contributed by atoms with Gasteiger partial charge in [0.15, 0.2) is 0 Å². The van der Waals surface area contributed by atoms with Crippen LogP contribution in [0.4, 0.5) is 4.79 Å². The highest BCUT2D eigenvalue weighted by Gasteiger charge is 2.43. The van der Waals surface area contributed by atoms with Gasteiger partial charge in [-0.15, -0.1) is 0 Å². The minimum atomic E-state index is -0.927. The molecular weight excluding hydrogens is 260 g/mol. The maximum Gasteiger partial charge on any atom is 0.317 e. The van der Waals surface area contributed by atoms with E-state index in [1.807, 2.05) is 4.90 Å². The number of aliphatic hydroxyl groups excluding tert-OH is 1. The number of amides is 2. The molecule has 2 fully saturated rings. The van der Waals surface area contributed by atoms with Gasteiger partial charge >= 0.3 is 12.0 Å². The molecule has 2 aliphatic rings. The van der Waals surface area contributed by atoms with E-state index in [2.05, 4.69) is 5.32 Å². The molecule has 0 aromatic rings. The number of hydrogen-bond donors (Lipinski definition) is 3. The molecule has 6 heteroatoms. The summed E-state index contributed by atoms with van der Waals surface area (Å²) in [4.78, 5) is 25.3. The van der Waals surface area contributed by atoms with E-state index in [4.69, 9.17) is 0 Å². The Hall–Kier alpha value is -1.30. The standard InChI is InChI=1S/C14H24N2O4/c1-3-14(2,12(18)19)8-15-13(20)16-9-4-5-10(16)7-11(17)6-9/h9-11,17H,3-8H2,1-2H3,(H,15,20)(H,18,19). The molecule has 2 heterocycles. The van der Waals surface area contributed by atoms with Crippen molar-refractivity contribution in [1.82, 2.24) is 10.2 Å². The van der Waals surface area contributed by atoms with E-state index in [0.29, 0.717) is 19.3 Å². The minimum Gasteiger partial charge on any atom is -0.481 e. The molecule has 2 bridgehead atoms. The third-order valence-corrected chi connectivity index (χ3v) is 4.87. The van der Waals surface area contributed by atoms with Gasteiger partial charge in [0.1, 0.15) is 0 Å². The van der Waals surface area contributed by atoms with Crippen molar-refractivity contribution < 1.29 is 19.8 Å². The smallest absolute Gasteiger partial charge is 0.317 e. The number of carbonyl (C=O) groups excluding carboxylic acids is 1. The fourth-order valence-corrected chi connectivity index (χ4v) is 3.19. The zero-order valence-electron chi connectivity index (χ0n) is 12.1. The molecule has 2 amide bonds. The van der Waals surface area contributed by atoms with Gasteiger partial charge in [0.2, 0.25) is 0 Å². The van der Waals surface area contributed by atoms with E-state index in [1.165, 1.54) is 0 Å². The number of aliphatic carboxylic acids is 1. The second-order valence-electron chi connectivity index (χ2n) is 6.30. The second-order valence-corrected chi connectivity index (χ2v) is 6.30. The highest BCUT2D eigenvalue weighted by atomic mass is 16.4. The molecule has 3 unspecified atom stereocenters. The molecular formula is C14H24N2O4. The van der Waals surface area contributed by atoms with Gasteiger partial charge in [-0.05, 0) is 39.0 Å². The molecule has 0 radical (unpaired) electrons. The number of carbonyl (C=O) groups is 2.